The van der Waals surface area contributed by atoms with Gasteiger partial charge in [0.2, 0.25) is 5.91 Å². The largest absolute Gasteiger partial charge is 0.380 e. The quantitative estimate of drug-likeness (QED) is 0.552. The molecular weight excluding hydrogens is 391 g/mol. The minimum Gasteiger partial charge on any atom is -0.380 e. The molecule has 1 aliphatic heterocycles. The Hall–Kier alpha value is -3.12. The fraction of sp³-hybridized carbons (Fsp3) is 0.320. The molecule has 0 radical (unpaired) electrons. The monoisotopic (exact) mass is 420 g/mol. The van der Waals surface area contributed by atoms with E-state index < -0.39 is 5.91 Å². The van der Waals surface area contributed by atoms with Crippen molar-refractivity contribution in [3.8, 4) is 0 Å². The zero-order valence-electron chi connectivity index (χ0n) is 17.5. The molecule has 1 unspecified atom stereocenters. The zero-order chi connectivity index (χ0) is 21.6. The van der Waals surface area contributed by atoms with Gasteiger partial charge in [0.1, 0.15) is 5.82 Å². The molecule has 31 heavy (non-hydrogen) atoms. The summed E-state index contributed by atoms with van der Waals surface area (Å²) in [7, 11) is 0. The van der Waals surface area contributed by atoms with Gasteiger partial charge < -0.3 is 21.7 Å². The first-order valence-corrected chi connectivity index (χ1v) is 10.9. The summed E-state index contributed by atoms with van der Waals surface area (Å²) in [5.41, 5.74) is 9.58. The second kappa shape index (κ2) is 9.79. The molecule has 0 aromatic heterocycles. The second-order valence-electron chi connectivity index (χ2n) is 8.14. The van der Waals surface area contributed by atoms with Gasteiger partial charge in [-0.3, -0.25) is 4.79 Å². The molecule has 5 N–H and O–H groups in total. The molecule has 6 heteroatoms. The summed E-state index contributed by atoms with van der Waals surface area (Å²) < 4.78 is 13.9. The number of nitrogens with two attached hydrogens (primary N) is 1. The molecule has 1 atom stereocenters. The fourth-order valence-electron chi connectivity index (χ4n) is 4.25. The Morgan fingerprint density at radius 1 is 1.10 bits per heavy atom. The summed E-state index contributed by atoms with van der Waals surface area (Å²) in [6, 6.07) is 15.2. The van der Waals surface area contributed by atoms with Gasteiger partial charge in [0, 0.05) is 23.5 Å². The van der Waals surface area contributed by atoms with Crippen molar-refractivity contribution in [3.63, 3.8) is 0 Å². The predicted molar refractivity (Wildman–Crippen MR) is 122 cm³/mol. The molecule has 162 valence electrons. The number of primary amides is 1. The number of hydrogen-bond donors (Lipinski definition) is 4. The zero-order valence-corrected chi connectivity index (χ0v) is 17.5. The molecule has 1 saturated heterocycles. The molecule has 2 aliphatic rings. The standard InChI is InChI=1S/C25H29FN4O/c26-23-4-2-1-3-19(23)16-29-24-15-21(9-10-22(24)25(27)31)30-20-7-5-17(6-8-20)18-11-13-28-14-12-18/h1-8,10,15,18,21,28-30H,9,11-14,16H2,(H2,27,31). The molecule has 4 rings (SSSR count). The summed E-state index contributed by atoms with van der Waals surface area (Å²) in [6.45, 7) is 2.43. The molecule has 2 aromatic rings. The molecule has 5 nitrogen and oxygen atoms in total. The van der Waals surface area contributed by atoms with E-state index in [1.807, 2.05) is 12.2 Å². The van der Waals surface area contributed by atoms with E-state index in [9.17, 15) is 9.18 Å². The van der Waals surface area contributed by atoms with Gasteiger partial charge in [0.25, 0.3) is 0 Å². The van der Waals surface area contributed by atoms with Crippen molar-refractivity contribution in [1.82, 2.24) is 10.6 Å². The van der Waals surface area contributed by atoms with Gasteiger partial charge >= 0.3 is 0 Å². The molecule has 0 saturated carbocycles. The SMILES string of the molecule is NC(=O)C1=CCC(Nc2ccc(C3CCNCC3)cc2)C=C1NCc1ccccc1F. The minimum atomic E-state index is -0.489. The smallest absolute Gasteiger partial charge is 0.250 e. The summed E-state index contributed by atoms with van der Waals surface area (Å²) in [5, 5.41) is 10.1. The van der Waals surface area contributed by atoms with Gasteiger partial charge in [-0.05, 0) is 68.1 Å². The lowest BCUT2D eigenvalue weighted by atomic mass is 9.90. The van der Waals surface area contributed by atoms with E-state index in [2.05, 4.69) is 40.2 Å². The molecule has 2 aromatic carbocycles. The number of hydrogen-bond acceptors (Lipinski definition) is 4. The van der Waals surface area contributed by atoms with Crippen molar-refractivity contribution in [2.75, 3.05) is 18.4 Å². The second-order valence-corrected chi connectivity index (χ2v) is 8.14. The van der Waals surface area contributed by atoms with Crippen LogP contribution >= 0.6 is 0 Å². The van der Waals surface area contributed by atoms with Crippen LogP contribution in [0.1, 0.15) is 36.3 Å². The van der Waals surface area contributed by atoms with Crippen LogP contribution in [0.3, 0.4) is 0 Å². The van der Waals surface area contributed by atoms with Crippen molar-refractivity contribution in [2.24, 2.45) is 5.73 Å². The Labute approximate surface area is 182 Å². The Morgan fingerprint density at radius 3 is 2.55 bits per heavy atom. The van der Waals surface area contributed by atoms with Gasteiger partial charge in [-0.15, -0.1) is 0 Å². The predicted octanol–water partition coefficient (Wildman–Crippen LogP) is 3.56. The summed E-state index contributed by atoms with van der Waals surface area (Å²) in [4.78, 5) is 11.9. The van der Waals surface area contributed by atoms with Crippen LogP contribution in [-0.4, -0.2) is 25.0 Å². The van der Waals surface area contributed by atoms with Crippen molar-refractivity contribution < 1.29 is 9.18 Å². The highest BCUT2D eigenvalue weighted by Gasteiger charge is 2.20. The third kappa shape index (κ3) is 5.33. The highest BCUT2D eigenvalue weighted by molar-refractivity contribution is 5.96. The van der Waals surface area contributed by atoms with Gasteiger partial charge in [0.05, 0.1) is 11.6 Å². The third-order valence-corrected chi connectivity index (χ3v) is 6.00. The maximum Gasteiger partial charge on any atom is 0.250 e. The van der Waals surface area contributed by atoms with Crippen molar-refractivity contribution >= 4 is 11.6 Å². The maximum absolute atomic E-state index is 13.9. The van der Waals surface area contributed by atoms with Crippen LogP contribution < -0.4 is 21.7 Å². The van der Waals surface area contributed by atoms with Crippen LogP contribution in [0.5, 0.6) is 0 Å². The Morgan fingerprint density at radius 2 is 1.84 bits per heavy atom. The van der Waals surface area contributed by atoms with E-state index in [1.165, 1.54) is 24.5 Å². The molecule has 1 aliphatic carbocycles. The number of anilines is 1. The summed E-state index contributed by atoms with van der Waals surface area (Å²) >= 11 is 0. The third-order valence-electron chi connectivity index (χ3n) is 6.00. The average Bonchev–Trinajstić information content (AvgIpc) is 2.79. The van der Waals surface area contributed by atoms with Crippen LogP contribution in [0.25, 0.3) is 0 Å². The topological polar surface area (TPSA) is 79.2 Å². The first-order chi connectivity index (χ1) is 15.1. The van der Waals surface area contributed by atoms with Gasteiger partial charge in [0.15, 0.2) is 0 Å². The number of carbonyl (C=O) groups excluding carboxylic acids is 1. The minimum absolute atomic E-state index is 0.0101. The maximum atomic E-state index is 13.9. The van der Waals surface area contributed by atoms with E-state index in [-0.39, 0.29) is 18.4 Å². The van der Waals surface area contributed by atoms with Crippen LogP contribution in [0.4, 0.5) is 10.1 Å². The molecule has 1 fully saturated rings. The molecule has 1 heterocycles. The molecule has 1 amide bonds. The number of rotatable bonds is 7. The van der Waals surface area contributed by atoms with Crippen LogP contribution in [0.15, 0.2) is 72.0 Å². The van der Waals surface area contributed by atoms with Gasteiger partial charge in [-0.2, -0.15) is 0 Å². The molecular formula is C25H29FN4O. The molecule has 0 bridgehead atoms. The summed E-state index contributed by atoms with van der Waals surface area (Å²) in [5.74, 6) is -0.142. The number of benzene rings is 2. The number of carbonyl (C=O) groups is 1. The van der Waals surface area contributed by atoms with Crippen LogP contribution in [0.2, 0.25) is 0 Å². The first-order valence-electron chi connectivity index (χ1n) is 10.9. The molecule has 0 spiro atoms. The Bertz CT molecular complexity index is 977. The normalized spacial score (nSPS) is 19.3. The van der Waals surface area contributed by atoms with E-state index in [0.29, 0.717) is 29.2 Å². The Kier molecular flexibility index (Phi) is 6.67. The highest BCUT2D eigenvalue weighted by atomic mass is 19.1. The highest BCUT2D eigenvalue weighted by Crippen LogP contribution is 2.27. The van der Waals surface area contributed by atoms with E-state index in [1.54, 1.807) is 18.2 Å². The Balaban J connectivity index is 1.43. The van der Waals surface area contributed by atoms with Crippen LogP contribution in [-0.2, 0) is 11.3 Å². The van der Waals surface area contributed by atoms with Crippen LogP contribution in [0, 0.1) is 5.82 Å². The van der Waals surface area contributed by atoms with Gasteiger partial charge in [-0.25, -0.2) is 4.39 Å². The lowest BCUT2D eigenvalue weighted by Crippen LogP contribution is -2.30. The van der Waals surface area contributed by atoms with Crippen molar-refractivity contribution in [3.05, 3.63) is 88.9 Å². The first kappa shape index (κ1) is 21.1. The lowest BCUT2D eigenvalue weighted by Gasteiger charge is -2.25. The number of nitrogens with one attached hydrogen (secondary N) is 3. The lowest BCUT2D eigenvalue weighted by molar-refractivity contribution is -0.114. The summed E-state index contributed by atoms with van der Waals surface area (Å²) in [6.07, 6.45) is 6.81. The van der Waals surface area contributed by atoms with E-state index >= 15 is 0 Å². The number of amides is 1. The fourth-order valence-corrected chi connectivity index (χ4v) is 4.25. The van der Waals surface area contributed by atoms with Gasteiger partial charge in [-0.1, -0.05) is 36.4 Å². The van der Waals surface area contributed by atoms with Crippen molar-refractivity contribution in [1.29, 1.82) is 0 Å². The number of halogens is 1. The van der Waals surface area contributed by atoms with E-state index in [4.69, 9.17) is 5.73 Å². The number of piperidine rings is 1. The van der Waals surface area contributed by atoms with Crippen molar-refractivity contribution in [2.45, 2.75) is 37.8 Å². The van der Waals surface area contributed by atoms with E-state index in [0.717, 1.165) is 18.8 Å². The average molecular weight is 421 g/mol.